The Hall–Kier alpha value is -3.56. The summed E-state index contributed by atoms with van der Waals surface area (Å²) >= 11 is 0. The number of amides is 2. The van der Waals surface area contributed by atoms with Crippen molar-refractivity contribution in [3.8, 4) is 11.1 Å². The summed E-state index contributed by atoms with van der Waals surface area (Å²) in [6, 6.07) is 13.4. The van der Waals surface area contributed by atoms with Gasteiger partial charge in [-0.25, -0.2) is 4.79 Å². The first-order valence-electron chi connectivity index (χ1n) is 11.3. The molecule has 0 saturated heterocycles. The van der Waals surface area contributed by atoms with Crippen LogP contribution in [0.15, 0.2) is 48.5 Å². The number of carboxylic acids is 1. The van der Waals surface area contributed by atoms with Gasteiger partial charge >= 0.3 is 18.2 Å². The molecule has 2 amide bonds. The first-order valence-corrected chi connectivity index (χ1v) is 11.3. The second kappa shape index (κ2) is 11.2. The molecule has 1 aliphatic carbocycles. The fourth-order valence-electron chi connectivity index (χ4n) is 4.09. The van der Waals surface area contributed by atoms with Crippen molar-refractivity contribution in [2.24, 2.45) is 5.92 Å². The van der Waals surface area contributed by atoms with E-state index in [1.54, 1.807) is 0 Å². The Balaban J connectivity index is 1.59. The van der Waals surface area contributed by atoms with E-state index >= 15 is 0 Å². The van der Waals surface area contributed by atoms with Crippen LogP contribution in [-0.2, 0) is 14.3 Å². The molecule has 10 heteroatoms. The SMILES string of the molecule is CC(CCCNC(=O)C(CC(F)(F)F)NC(=O)OCC1c2ccccc2-c2ccccc21)C(=O)O. The van der Waals surface area contributed by atoms with Crippen LogP contribution in [0.1, 0.15) is 43.2 Å². The van der Waals surface area contributed by atoms with Crippen molar-refractivity contribution >= 4 is 18.0 Å². The van der Waals surface area contributed by atoms with Gasteiger partial charge in [0.1, 0.15) is 12.6 Å². The van der Waals surface area contributed by atoms with Gasteiger partial charge in [0.25, 0.3) is 0 Å². The van der Waals surface area contributed by atoms with Crippen molar-refractivity contribution < 1.29 is 37.4 Å². The quantitative estimate of drug-likeness (QED) is 0.425. The highest BCUT2D eigenvalue weighted by atomic mass is 19.4. The lowest BCUT2D eigenvalue weighted by Gasteiger charge is -2.21. The molecule has 0 spiro atoms. The fraction of sp³-hybridized carbons (Fsp3) is 0.400. The molecular weight excluding hydrogens is 465 g/mol. The Morgan fingerprint density at radius 1 is 1.03 bits per heavy atom. The third-order valence-corrected chi connectivity index (χ3v) is 5.92. The number of aliphatic carboxylic acids is 1. The zero-order valence-electron chi connectivity index (χ0n) is 19.1. The first-order chi connectivity index (χ1) is 16.6. The predicted octanol–water partition coefficient (Wildman–Crippen LogP) is 4.46. The van der Waals surface area contributed by atoms with Crippen LogP contribution >= 0.6 is 0 Å². The van der Waals surface area contributed by atoms with Crippen molar-refractivity contribution in [1.29, 1.82) is 0 Å². The molecule has 0 aromatic heterocycles. The fourth-order valence-corrected chi connectivity index (χ4v) is 4.09. The maximum atomic E-state index is 13.0. The van der Waals surface area contributed by atoms with Gasteiger partial charge in [-0.05, 0) is 35.1 Å². The summed E-state index contributed by atoms with van der Waals surface area (Å²) in [5, 5.41) is 13.2. The summed E-state index contributed by atoms with van der Waals surface area (Å²) in [7, 11) is 0. The molecule has 0 aliphatic heterocycles. The van der Waals surface area contributed by atoms with E-state index in [0.29, 0.717) is 0 Å². The molecular formula is C25H27F3N2O5. The molecule has 3 rings (SSSR count). The highest BCUT2D eigenvalue weighted by molar-refractivity contribution is 5.85. The Morgan fingerprint density at radius 3 is 2.14 bits per heavy atom. The van der Waals surface area contributed by atoms with Crippen LogP contribution in [0.2, 0.25) is 0 Å². The molecule has 1 aliphatic rings. The topological polar surface area (TPSA) is 105 Å². The number of benzene rings is 2. The molecule has 3 N–H and O–H groups in total. The predicted molar refractivity (Wildman–Crippen MR) is 122 cm³/mol. The minimum atomic E-state index is -4.70. The number of halogens is 3. The molecule has 0 fully saturated rings. The van der Waals surface area contributed by atoms with Gasteiger partial charge in [0.15, 0.2) is 0 Å². The summed E-state index contributed by atoms with van der Waals surface area (Å²) in [6.07, 6.45) is -6.87. The molecule has 35 heavy (non-hydrogen) atoms. The Kier molecular flexibility index (Phi) is 8.37. The van der Waals surface area contributed by atoms with Crippen molar-refractivity contribution in [2.75, 3.05) is 13.2 Å². The maximum Gasteiger partial charge on any atom is 0.407 e. The molecule has 0 radical (unpaired) electrons. The van der Waals surface area contributed by atoms with E-state index in [-0.39, 0.29) is 31.9 Å². The normalized spacial score (nSPS) is 14.4. The zero-order valence-corrected chi connectivity index (χ0v) is 19.1. The minimum Gasteiger partial charge on any atom is -0.481 e. The lowest BCUT2D eigenvalue weighted by atomic mass is 9.98. The number of alkyl carbamates (subject to hydrolysis) is 1. The van der Waals surface area contributed by atoms with Crippen molar-refractivity contribution in [3.05, 3.63) is 59.7 Å². The van der Waals surface area contributed by atoms with Crippen LogP contribution in [0.3, 0.4) is 0 Å². The number of hydrogen-bond donors (Lipinski definition) is 3. The second-order valence-electron chi connectivity index (χ2n) is 8.51. The van der Waals surface area contributed by atoms with E-state index in [1.165, 1.54) is 6.92 Å². The van der Waals surface area contributed by atoms with E-state index in [9.17, 15) is 27.6 Å². The number of nitrogens with one attached hydrogen (secondary N) is 2. The van der Waals surface area contributed by atoms with Gasteiger partial charge in [0.05, 0.1) is 12.3 Å². The van der Waals surface area contributed by atoms with E-state index in [1.807, 2.05) is 53.8 Å². The third-order valence-electron chi connectivity index (χ3n) is 5.92. The molecule has 7 nitrogen and oxygen atoms in total. The van der Waals surface area contributed by atoms with Crippen molar-refractivity contribution in [2.45, 2.75) is 44.3 Å². The van der Waals surface area contributed by atoms with Crippen molar-refractivity contribution in [3.63, 3.8) is 0 Å². The number of ether oxygens (including phenoxy) is 1. The van der Waals surface area contributed by atoms with Gasteiger partial charge in [0.2, 0.25) is 5.91 Å². The standard InChI is InChI=1S/C25H27F3N2O5/c1-15(23(32)33)7-6-12-29-22(31)21(13-25(26,27)28)30-24(34)35-14-20-18-10-4-2-8-16(18)17-9-3-5-11-19(17)20/h2-5,8-11,15,20-21H,6-7,12-14H2,1H3,(H,29,31)(H,30,34)(H,32,33). The van der Waals surface area contributed by atoms with Gasteiger partial charge in [-0.3, -0.25) is 9.59 Å². The van der Waals surface area contributed by atoms with Gasteiger partial charge in [-0.1, -0.05) is 55.5 Å². The molecule has 2 aromatic rings. The molecule has 2 aromatic carbocycles. The number of carbonyl (C=O) groups is 3. The summed E-state index contributed by atoms with van der Waals surface area (Å²) < 4.78 is 44.3. The molecule has 2 unspecified atom stereocenters. The van der Waals surface area contributed by atoms with Crippen LogP contribution < -0.4 is 10.6 Å². The molecule has 0 bridgehead atoms. The Bertz CT molecular complexity index is 1030. The first kappa shape index (κ1) is 26.1. The lowest BCUT2D eigenvalue weighted by Crippen LogP contribution is -2.49. The van der Waals surface area contributed by atoms with E-state index in [0.717, 1.165) is 22.3 Å². The Labute approximate surface area is 200 Å². The largest absolute Gasteiger partial charge is 0.481 e. The minimum absolute atomic E-state index is 0.0167. The average molecular weight is 492 g/mol. The van der Waals surface area contributed by atoms with Crippen LogP contribution in [-0.4, -0.2) is 48.4 Å². The molecule has 0 heterocycles. The summed E-state index contributed by atoms with van der Waals surface area (Å²) in [4.78, 5) is 35.5. The third kappa shape index (κ3) is 6.97. The van der Waals surface area contributed by atoms with E-state index in [2.05, 4.69) is 5.32 Å². The molecule has 188 valence electrons. The number of carboxylic acid groups (broad SMARTS) is 1. The zero-order chi connectivity index (χ0) is 25.6. The van der Waals surface area contributed by atoms with Gasteiger partial charge in [-0.15, -0.1) is 0 Å². The van der Waals surface area contributed by atoms with Gasteiger partial charge in [-0.2, -0.15) is 13.2 Å². The number of rotatable bonds is 10. The Morgan fingerprint density at radius 2 is 1.60 bits per heavy atom. The molecule has 0 saturated carbocycles. The average Bonchev–Trinajstić information content (AvgIpc) is 3.12. The summed E-state index contributed by atoms with van der Waals surface area (Å²) in [6.45, 7) is 1.37. The van der Waals surface area contributed by atoms with E-state index in [4.69, 9.17) is 9.84 Å². The summed E-state index contributed by atoms with van der Waals surface area (Å²) in [5.74, 6) is -2.93. The number of carbonyl (C=O) groups excluding carboxylic acids is 2. The van der Waals surface area contributed by atoms with E-state index < -0.39 is 42.5 Å². The van der Waals surface area contributed by atoms with Crippen molar-refractivity contribution in [1.82, 2.24) is 10.6 Å². The van der Waals surface area contributed by atoms with Crippen LogP contribution in [0, 0.1) is 5.92 Å². The number of alkyl halides is 3. The number of fused-ring (bicyclic) bond motifs is 3. The van der Waals surface area contributed by atoms with Gasteiger partial charge < -0.3 is 20.5 Å². The maximum absolute atomic E-state index is 13.0. The monoisotopic (exact) mass is 492 g/mol. The number of hydrogen-bond acceptors (Lipinski definition) is 4. The summed E-state index contributed by atoms with van der Waals surface area (Å²) in [5.41, 5.74) is 3.90. The second-order valence-corrected chi connectivity index (χ2v) is 8.51. The van der Waals surface area contributed by atoms with Gasteiger partial charge in [0, 0.05) is 12.5 Å². The highest BCUT2D eigenvalue weighted by Gasteiger charge is 2.37. The van der Waals surface area contributed by atoms with Crippen LogP contribution in [0.25, 0.3) is 11.1 Å². The smallest absolute Gasteiger partial charge is 0.407 e. The van der Waals surface area contributed by atoms with Crippen LogP contribution in [0.5, 0.6) is 0 Å². The molecule has 2 atom stereocenters. The highest BCUT2D eigenvalue weighted by Crippen LogP contribution is 2.44. The van der Waals surface area contributed by atoms with Crippen LogP contribution in [0.4, 0.5) is 18.0 Å². The lowest BCUT2D eigenvalue weighted by molar-refractivity contribution is -0.149.